The summed E-state index contributed by atoms with van der Waals surface area (Å²) in [6.45, 7) is 15.6. The number of nitrogens with zero attached hydrogens (tertiary/aromatic N) is 6. The Morgan fingerprint density at radius 3 is 1.42 bits per heavy atom. The maximum atomic E-state index is 15.0. The number of nitriles is 1. The molecule has 8 bridgehead atoms. The van der Waals surface area contributed by atoms with Crippen LogP contribution in [0.5, 0.6) is 46.0 Å². The van der Waals surface area contributed by atoms with Crippen LogP contribution in [0, 0.1) is 76.8 Å². The average Bonchev–Trinajstić information content (AvgIpc) is 1.46. The number of fused-ring (bicyclic) bond motifs is 22. The van der Waals surface area contributed by atoms with Crippen molar-refractivity contribution in [3.05, 3.63) is 170 Å². The Morgan fingerprint density at radius 1 is 0.598 bits per heavy atom. The van der Waals surface area contributed by atoms with Gasteiger partial charge in [-0.3, -0.25) is 39.8 Å². The number of aliphatic carboxylic acids is 2. The van der Waals surface area contributed by atoms with Gasteiger partial charge in [-0.2, -0.15) is 5.26 Å². The molecule has 6 aromatic carbocycles. The van der Waals surface area contributed by atoms with Gasteiger partial charge in [0.05, 0.1) is 50.5 Å². The molecule has 14 aliphatic rings. The Bertz CT molecular complexity index is 5610. The number of thioether (sulfide) groups is 2. The number of piperazine rings is 2. The molecule has 8 aromatic rings. The van der Waals surface area contributed by atoms with Gasteiger partial charge in [0.2, 0.25) is 13.6 Å². The number of aliphatic hydroxyl groups excluding tert-OH is 1. The summed E-state index contributed by atoms with van der Waals surface area (Å²) in [6.07, 6.45) is 0.257. The zero-order chi connectivity index (χ0) is 81.1. The van der Waals surface area contributed by atoms with Crippen LogP contribution in [0.3, 0.4) is 0 Å². The first kappa shape index (κ1) is 81.3. The molecular weight excluding hydrogens is 1640 g/mol. The van der Waals surface area contributed by atoms with Crippen molar-refractivity contribution in [2.24, 2.45) is 0 Å². The number of aryl methyl sites for hydroxylation is 4. The van der Waals surface area contributed by atoms with Gasteiger partial charge in [-0.15, -0.1) is 33.6 Å². The van der Waals surface area contributed by atoms with Gasteiger partial charge in [0.15, 0.2) is 57.1 Å². The third-order valence-corrected chi connectivity index (χ3v) is 29.5. The predicted octanol–water partition coefficient (Wildman–Crippen LogP) is 10.0. The number of rotatable bonds is 4. The van der Waals surface area contributed by atoms with Gasteiger partial charge in [0.1, 0.15) is 60.3 Å². The van der Waals surface area contributed by atoms with Crippen LogP contribution in [0.4, 0.5) is 0 Å². The SMILES string of the molecule is C.COc1c(C)cc2c(c1O)[C@@H]1[C@@H]3[C@@H]4SC[C@]5(N[C@H](C(=O)O)Cc6c5oc5ccc(C)cc65)C(=O)OC[C@@H](c5c6c(c(C)c(C)c54)OCO6)N3[C@@H](C#N)[C@H](C2)N1C.COc1c(C)cc2c(c1O)[C@@H]1[C@@H]3[C@@H]4SC[C@]5(N[C@H](C(=O)O)Cc6c5oc5ccc(C)cc65)C(=O)OC[C@@H](c5c6c(c(C)c(C)c54)OCO6)N3[C@@H](O)[C@H](C2)N1C.O=[N+]([O-])O.[Ag]. The number of furan rings is 2. The number of phenols is 2. The molecule has 0 amide bonds. The van der Waals surface area contributed by atoms with Crippen LogP contribution in [0.25, 0.3) is 21.9 Å². The Balaban J connectivity index is 0.000000165. The molecule has 33 heteroatoms. The van der Waals surface area contributed by atoms with Crippen LogP contribution in [-0.4, -0.2) is 194 Å². The van der Waals surface area contributed by atoms with E-state index in [4.69, 9.17) is 62.1 Å². The second-order valence-electron chi connectivity index (χ2n) is 32.2. The summed E-state index contributed by atoms with van der Waals surface area (Å²) in [4.78, 5) is 72.6. The molecule has 16 atom stereocenters. The van der Waals surface area contributed by atoms with E-state index in [1.54, 1.807) is 14.2 Å². The van der Waals surface area contributed by atoms with E-state index in [-0.39, 0.29) is 105 Å². The van der Waals surface area contributed by atoms with Crippen molar-refractivity contribution in [1.29, 1.82) is 5.26 Å². The number of carboxylic acids is 2. The van der Waals surface area contributed by atoms with Gasteiger partial charge in [0.25, 0.3) is 5.09 Å². The number of ether oxygens (including phenoxy) is 8. The Hall–Kier alpha value is -9.47. The van der Waals surface area contributed by atoms with Crippen molar-refractivity contribution in [1.82, 2.24) is 30.2 Å². The Labute approximate surface area is 696 Å². The van der Waals surface area contributed by atoms with Crippen molar-refractivity contribution in [2.75, 3.05) is 66.6 Å². The van der Waals surface area contributed by atoms with Crippen LogP contribution < -0.4 is 39.1 Å². The van der Waals surface area contributed by atoms with Crippen molar-refractivity contribution < 1.29 is 124 Å². The predicted molar refractivity (Wildman–Crippen MR) is 421 cm³/mol. The number of hydrogen-bond donors (Lipinski definition) is 8. The van der Waals surface area contributed by atoms with Crippen LogP contribution in [0.2, 0.25) is 0 Å². The molecule has 621 valence electrons. The summed E-state index contributed by atoms with van der Waals surface area (Å²) in [5.41, 5.74) is 13.6. The van der Waals surface area contributed by atoms with Crippen molar-refractivity contribution in [3.63, 3.8) is 0 Å². The fraction of sp³-hybridized carbons (Fsp3) is 0.464. The first-order valence-corrected chi connectivity index (χ1v) is 40.3. The maximum Gasteiger partial charge on any atom is 0.335 e. The van der Waals surface area contributed by atoms with Gasteiger partial charge in [0, 0.05) is 120 Å². The van der Waals surface area contributed by atoms with Gasteiger partial charge in [-0.1, -0.05) is 42.8 Å². The minimum atomic E-state index is -1.67. The number of benzene rings is 6. The van der Waals surface area contributed by atoms with E-state index in [0.29, 0.717) is 81.2 Å². The monoisotopic (exact) mass is 1730 g/mol. The molecule has 4 fully saturated rings. The van der Waals surface area contributed by atoms with Crippen molar-refractivity contribution >= 4 is 69.3 Å². The molecule has 1 radical (unpaired) electrons. The number of esters is 2. The maximum absolute atomic E-state index is 15.0. The number of carboxylic acid groups (broad SMARTS) is 2. The molecule has 16 heterocycles. The quantitative estimate of drug-likeness (QED) is 0.0351. The van der Waals surface area contributed by atoms with E-state index in [9.17, 15) is 50.0 Å². The summed E-state index contributed by atoms with van der Waals surface area (Å²) in [5.74, 6) is 0.726. The van der Waals surface area contributed by atoms with Crippen molar-refractivity contribution in [2.45, 2.75) is 183 Å². The molecule has 22 rings (SSSR count). The molecule has 30 nitrogen and oxygen atoms in total. The number of aromatic hydroxyl groups is 2. The number of nitrogens with one attached hydrogen (secondary N) is 2. The number of phenolic OH excluding ortho intramolecular Hbond substituents is 2. The summed E-state index contributed by atoms with van der Waals surface area (Å²) in [5, 5.41) is 89.6. The van der Waals surface area contributed by atoms with E-state index in [1.165, 1.54) is 23.5 Å². The molecule has 0 saturated carbocycles. The van der Waals surface area contributed by atoms with Crippen LogP contribution in [0.15, 0.2) is 57.4 Å². The van der Waals surface area contributed by atoms with E-state index < -0.39 is 111 Å². The van der Waals surface area contributed by atoms with Crippen LogP contribution in [0.1, 0.15) is 154 Å². The number of carbonyl (C=O) groups excluding carboxylic acids is 2. The largest absolute Gasteiger partial charge is 0.504 e. The molecule has 4 saturated heterocycles. The average molecular weight is 1740 g/mol. The molecule has 2 spiro atoms. The normalized spacial score (nSPS) is 29.1. The second-order valence-corrected chi connectivity index (χ2v) is 34.5. The molecule has 0 aliphatic carbocycles. The zero-order valence-corrected chi connectivity index (χ0v) is 68.4. The van der Waals surface area contributed by atoms with Crippen LogP contribution in [-0.2, 0) is 87.8 Å². The molecule has 117 heavy (non-hydrogen) atoms. The summed E-state index contributed by atoms with van der Waals surface area (Å²) >= 11 is 2.99. The van der Waals surface area contributed by atoms with E-state index >= 15 is 0 Å². The third-order valence-electron chi connectivity index (χ3n) is 26.5. The Morgan fingerprint density at radius 2 is 1.00 bits per heavy atom. The zero-order valence-electron chi connectivity index (χ0n) is 65.3. The van der Waals surface area contributed by atoms with Gasteiger partial charge in [-0.05, 0) is 162 Å². The molecule has 2 aromatic heterocycles. The van der Waals surface area contributed by atoms with Gasteiger partial charge >= 0.3 is 23.9 Å². The van der Waals surface area contributed by atoms with Gasteiger partial charge in [-0.25, -0.2) is 9.59 Å². The molecular formula is C84H90AgN8O22S2. The van der Waals surface area contributed by atoms with E-state index in [2.05, 4.69) is 62.3 Å². The van der Waals surface area contributed by atoms with E-state index in [1.807, 2.05) is 92.0 Å². The standard InChI is InChI=1S/C42H42N4O9S.C41H43N3O10S.CH4.Ag.HNO3/c1-17-7-8-28-22(9-17)23-12-24(40(48)49)44-42(39(23)55-28)15-56-38-29-19(3)20(4)36-37(54-16-53-36)31(29)27(14-52-41(42)50)46-26(13-43)25-11-21-10-18(2)35(51-6)34(47)30(21)32(33(38)46)45(25)5;1-16-7-8-26-21(9-16)22-12-23(39(47)48)42-41(37(22)54-26)14-55-36-27-18(3)19(4)34-35(53-15-52-34)29(27)25(13-51-40(41)49)44-31(36)30-28-20(11-24(38(44)46)43(30)5)10-17(2)33(50-6)32(28)45;;;2-1(3)4/h7-10,24-27,32-33,38,44,47H,11-12,14-16H2,1-6H3,(H,48,49);7-10,23-25,30-31,36,38,42,45-46H,11-15H2,1-6H3,(H,47,48);1H4;;(H,2,3,4)/t24-,25-,26-,27-,32+,33+,38+,42+;23-,24-,25-,30+,31+,36+,38-,41+;;;/m00.../s1. The number of methoxy groups -OCH3 is 2. The van der Waals surface area contributed by atoms with E-state index in [0.717, 1.165) is 99.8 Å². The number of carbonyl (C=O) groups is 4. The summed E-state index contributed by atoms with van der Waals surface area (Å²) < 4.78 is 62.1. The molecule has 0 unspecified atom stereocenters. The first-order chi connectivity index (χ1) is 55.0. The summed E-state index contributed by atoms with van der Waals surface area (Å²) in [7, 11) is 7.12. The number of likely N-dealkylation sites (N-methyl/N-ethyl adjacent to an activating group) is 2. The van der Waals surface area contributed by atoms with Crippen LogP contribution >= 0.6 is 23.5 Å². The molecule has 14 aliphatic heterocycles. The fourth-order valence-corrected chi connectivity index (χ4v) is 24.8. The fourth-order valence-electron chi connectivity index (χ4n) is 21.4. The second kappa shape index (κ2) is 29.5. The minimum absolute atomic E-state index is 0. The van der Waals surface area contributed by atoms with Gasteiger partial charge < -0.3 is 77.5 Å². The topological polar surface area (TPSA) is 394 Å². The molecule has 8 N–H and O–H groups in total. The smallest absolute Gasteiger partial charge is 0.335 e. The number of hydrogen-bond acceptors (Lipinski definition) is 28. The number of aliphatic hydroxyl groups is 1. The van der Waals surface area contributed by atoms with Crippen molar-refractivity contribution in [3.8, 4) is 52.1 Å². The minimum Gasteiger partial charge on any atom is -0.504 e. The summed E-state index contributed by atoms with van der Waals surface area (Å²) in [6, 6.07) is 11.8. The Kier molecular flexibility index (Phi) is 20.5. The third kappa shape index (κ3) is 11.8. The first-order valence-electron chi connectivity index (χ1n) is 38.2.